The number of hydrogen-bond acceptors (Lipinski definition) is 11. The second-order valence-electron chi connectivity index (χ2n) is 16.2. The van der Waals surface area contributed by atoms with Gasteiger partial charge in [-0.2, -0.15) is 0 Å². The standard InChI is InChI=1S/C50H63N7O10/c1-37(58)55(65-33-40-20-9-4-10-21-40)29-15-26-43(51)47(60)54-46(36-64-32-39-18-7-3-8-19-39)50(63)57(67-35-42-24-13-6-14-25-42)31-17-28-45-49(62)52-44(48(61)53-45)27-16-30-56(38(2)59)66-34-41-22-11-5-12-23-41/h3-14,18-25,43-46H,15-17,26-36,51H2,1-2H3,(H,52,62)(H,53,61)(H,54,60)/t43-,44+,45+,46-/m1/s1. The molecule has 1 fully saturated rings. The summed E-state index contributed by atoms with van der Waals surface area (Å²) in [6.07, 6.45) is 1.61. The molecular weight excluding hydrogens is 859 g/mol. The Kier molecular flexibility index (Phi) is 21.4. The molecular formula is C50H63N7O10. The average Bonchev–Trinajstić information content (AvgIpc) is 3.33. The van der Waals surface area contributed by atoms with Gasteiger partial charge in [-0.25, -0.2) is 15.2 Å². The third-order valence-corrected chi connectivity index (χ3v) is 10.8. The van der Waals surface area contributed by atoms with Crippen LogP contribution in [-0.2, 0) is 74.4 Å². The molecule has 0 spiro atoms. The maximum Gasteiger partial charge on any atom is 0.271 e. The minimum atomic E-state index is -1.22. The molecule has 5 N–H and O–H groups in total. The Hall–Kier alpha value is -6.50. The summed E-state index contributed by atoms with van der Waals surface area (Å²) in [6.45, 7) is 3.60. The summed E-state index contributed by atoms with van der Waals surface area (Å²) < 4.78 is 5.97. The number of nitrogens with two attached hydrogens (primary N) is 1. The monoisotopic (exact) mass is 921 g/mol. The molecule has 1 saturated heterocycles. The van der Waals surface area contributed by atoms with Gasteiger partial charge in [0.25, 0.3) is 5.91 Å². The molecule has 1 aliphatic heterocycles. The molecule has 0 unspecified atom stereocenters. The highest BCUT2D eigenvalue weighted by molar-refractivity contribution is 5.97. The third kappa shape index (κ3) is 18.0. The lowest BCUT2D eigenvalue weighted by Crippen LogP contribution is -2.61. The van der Waals surface area contributed by atoms with Gasteiger partial charge in [-0.1, -0.05) is 121 Å². The molecule has 0 saturated carbocycles. The molecule has 1 aliphatic rings. The van der Waals surface area contributed by atoms with E-state index in [-0.39, 0.29) is 102 Å². The van der Waals surface area contributed by atoms with Crippen LogP contribution >= 0.6 is 0 Å². The number of amides is 6. The van der Waals surface area contributed by atoms with E-state index in [4.69, 9.17) is 25.0 Å². The van der Waals surface area contributed by atoms with Crippen molar-refractivity contribution in [1.29, 1.82) is 0 Å². The zero-order chi connectivity index (χ0) is 47.8. The summed E-state index contributed by atoms with van der Waals surface area (Å²) in [7, 11) is 0. The molecule has 4 aromatic carbocycles. The number of piperazine rings is 1. The van der Waals surface area contributed by atoms with E-state index in [2.05, 4.69) is 16.0 Å². The fraction of sp³-hybridized carbons (Fsp3) is 0.400. The molecule has 17 heteroatoms. The fourth-order valence-electron chi connectivity index (χ4n) is 7.09. The minimum Gasteiger partial charge on any atom is -0.374 e. The van der Waals surface area contributed by atoms with Gasteiger partial charge in [0, 0.05) is 33.5 Å². The van der Waals surface area contributed by atoms with Crippen LogP contribution in [0.1, 0.15) is 74.6 Å². The minimum absolute atomic E-state index is 0.000416. The fourth-order valence-corrected chi connectivity index (χ4v) is 7.09. The van der Waals surface area contributed by atoms with Crippen molar-refractivity contribution in [2.45, 2.75) is 103 Å². The highest BCUT2D eigenvalue weighted by Crippen LogP contribution is 2.14. The van der Waals surface area contributed by atoms with Crippen LogP contribution in [0.4, 0.5) is 0 Å². The second kappa shape index (κ2) is 27.9. The smallest absolute Gasteiger partial charge is 0.271 e. The van der Waals surface area contributed by atoms with Crippen molar-refractivity contribution in [1.82, 2.24) is 31.1 Å². The van der Waals surface area contributed by atoms with Gasteiger partial charge in [-0.15, -0.1) is 0 Å². The second-order valence-corrected chi connectivity index (χ2v) is 16.2. The molecule has 4 atom stereocenters. The SMILES string of the molecule is CC(=O)N(CCC[C@@H](N)C(=O)N[C@H](COCc1ccccc1)C(=O)N(CCC[C@@H]1NC(=O)[C@H](CCCN(OCc2ccccc2)C(C)=O)NC1=O)OCc1ccccc1)OCc1ccccc1. The molecule has 0 aromatic heterocycles. The molecule has 1 heterocycles. The molecule has 67 heavy (non-hydrogen) atoms. The van der Waals surface area contributed by atoms with E-state index in [0.29, 0.717) is 12.8 Å². The third-order valence-electron chi connectivity index (χ3n) is 10.8. The number of hydroxylamine groups is 6. The predicted molar refractivity (Wildman–Crippen MR) is 248 cm³/mol. The van der Waals surface area contributed by atoms with Crippen LogP contribution in [0.2, 0.25) is 0 Å². The summed E-state index contributed by atoms with van der Waals surface area (Å²) >= 11 is 0. The molecule has 0 aliphatic carbocycles. The highest BCUT2D eigenvalue weighted by Gasteiger charge is 2.34. The van der Waals surface area contributed by atoms with Crippen molar-refractivity contribution in [2.75, 3.05) is 26.2 Å². The summed E-state index contributed by atoms with van der Waals surface area (Å²) in [6, 6.07) is 33.5. The van der Waals surface area contributed by atoms with Crippen LogP contribution in [0.15, 0.2) is 121 Å². The van der Waals surface area contributed by atoms with Gasteiger partial charge < -0.3 is 26.4 Å². The Morgan fingerprint density at radius 2 is 0.940 bits per heavy atom. The zero-order valence-electron chi connectivity index (χ0n) is 38.3. The van der Waals surface area contributed by atoms with E-state index in [1.807, 2.05) is 121 Å². The normalized spacial score (nSPS) is 15.4. The average molecular weight is 922 g/mol. The number of hydrogen-bond donors (Lipinski definition) is 4. The van der Waals surface area contributed by atoms with Crippen LogP contribution in [0.25, 0.3) is 0 Å². The predicted octanol–water partition coefficient (Wildman–Crippen LogP) is 4.26. The summed E-state index contributed by atoms with van der Waals surface area (Å²) in [5.74, 6) is -2.52. The Balaban J connectivity index is 1.17. The largest absolute Gasteiger partial charge is 0.374 e. The van der Waals surface area contributed by atoms with Gasteiger partial charge in [-0.05, 0) is 60.8 Å². The van der Waals surface area contributed by atoms with E-state index in [9.17, 15) is 28.8 Å². The van der Waals surface area contributed by atoms with Gasteiger partial charge in [0.15, 0.2) is 0 Å². The van der Waals surface area contributed by atoms with Crippen LogP contribution in [0.5, 0.6) is 0 Å². The number of benzene rings is 4. The summed E-state index contributed by atoms with van der Waals surface area (Å²) in [5, 5.41) is 12.0. The van der Waals surface area contributed by atoms with E-state index in [0.717, 1.165) is 27.3 Å². The van der Waals surface area contributed by atoms with E-state index in [1.165, 1.54) is 24.0 Å². The van der Waals surface area contributed by atoms with Crippen LogP contribution in [0.3, 0.4) is 0 Å². The summed E-state index contributed by atoms with van der Waals surface area (Å²) in [5.41, 5.74) is 9.80. The van der Waals surface area contributed by atoms with Crippen LogP contribution < -0.4 is 21.7 Å². The lowest BCUT2D eigenvalue weighted by atomic mass is 10.0. The molecule has 0 radical (unpaired) electrons. The first kappa shape index (κ1) is 51.5. The number of nitrogens with zero attached hydrogens (tertiary/aromatic N) is 3. The van der Waals surface area contributed by atoms with Gasteiger partial charge in [0.2, 0.25) is 29.5 Å². The van der Waals surface area contributed by atoms with Crippen LogP contribution in [0, 0.1) is 0 Å². The topological polar surface area (TPSA) is 211 Å². The van der Waals surface area contributed by atoms with Gasteiger partial charge in [-0.3, -0.25) is 43.3 Å². The maximum atomic E-state index is 14.4. The molecule has 358 valence electrons. The number of ether oxygens (including phenoxy) is 1. The number of nitrogens with one attached hydrogen (secondary N) is 3. The van der Waals surface area contributed by atoms with Crippen molar-refractivity contribution in [3.8, 4) is 0 Å². The lowest BCUT2D eigenvalue weighted by molar-refractivity contribution is -0.196. The van der Waals surface area contributed by atoms with Gasteiger partial charge >= 0.3 is 0 Å². The Labute approximate surface area is 392 Å². The molecule has 4 aromatic rings. The van der Waals surface area contributed by atoms with Crippen LogP contribution in [-0.4, -0.2) is 101 Å². The first-order chi connectivity index (χ1) is 32.5. The number of rotatable bonds is 28. The van der Waals surface area contributed by atoms with Gasteiger partial charge in [0.1, 0.15) is 37.9 Å². The Bertz CT molecular complexity index is 2150. The summed E-state index contributed by atoms with van der Waals surface area (Å²) in [4.78, 5) is 96.5. The highest BCUT2D eigenvalue weighted by atomic mass is 16.7. The molecule has 0 bridgehead atoms. The molecule has 5 rings (SSSR count). The van der Waals surface area contributed by atoms with Crippen molar-refractivity contribution < 1.29 is 48.0 Å². The van der Waals surface area contributed by atoms with Gasteiger partial charge in [0.05, 0.1) is 19.3 Å². The van der Waals surface area contributed by atoms with Crippen molar-refractivity contribution >= 4 is 35.4 Å². The van der Waals surface area contributed by atoms with Crippen molar-refractivity contribution in [3.63, 3.8) is 0 Å². The lowest BCUT2D eigenvalue weighted by Gasteiger charge is -2.31. The Morgan fingerprint density at radius 1 is 0.567 bits per heavy atom. The van der Waals surface area contributed by atoms with Crippen molar-refractivity contribution in [2.24, 2.45) is 5.73 Å². The van der Waals surface area contributed by atoms with E-state index < -0.39 is 36.0 Å². The molecule has 6 amide bonds. The first-order valence-electron chi connectivity index (χ1n) is 22.6. The zero-order valence-corrected chi connectivity index (χ0v) is 38.3. The quantitative estimate of drug-likeness (QED) is 0.0592. The Morgan fingerprint density at radius 3 is 1.36 bits per heavy atom. The number of carbonyl (C=O) groups excluding carboxylic acids is 6. The maximum absolute atomic E-state index is 14.4. The number of carbonyl (C=O) groups is 6. The molecule has 17 nitrogen and oxygen atoms in total. The van der Waals surface area contributed by atoms with E-state index >= 15 is 0 Å². The van der Waals surface area contributed by atoms with Crippen molar-refractivity contribution in [3.05, 3.63) is 144 Å². The van der Waals surface area contributed by atoms with E-state index in [1.54, 1.807) is 0 Å². The first-order valence-corrected chi connectivity index (χ1v) is 22.6.